The second-order valence-corrected chi connectivity index (χ2v) is 5.49. The molecule has 0 spiro atoms. The maximum Gasteiger partial charge on any atom is 0.236 e. The molecule has 1 aliphatic rings. The topological polar surface area (TPSA) is 41.6 Å². The third kappa shape index (κ3) is 4.32. The summed E-state index contributed by atoms with van der Waals surface area (Å²) in [4.78, 5) is 13.8. The van der Waals surface area contributed by atoms with Crippen molar-refractivity contribution >= 4 is 5.91 Å². The number of amides is 1. The Morgan fingerprint density at radius 1 is 1.25 bits per heavy atom. The van der Waals surface area contributed by atoms with E-state index in [0.29, 0.717) is 38.8 Å². The first-order valence-electron chi connectivity index (χ1n) is 7.32. The number of ether oxygens (including phenoxy) is 1. The lowest BCUT2D eigenvalue weighted by atomic mass is 10.0. The number of hydrogen-bond acceptors (Lipinski definition) is 3. The predicted molar refractivity (Wildman–Crippen MR) is 79.6 cm³/mol. The molecule has 1 aromatic rings. The summed E-state index contributed by atoms with van der Waals surface area (Å²) >= 11 is 0. The first kappa shape index (κ1) is 15.0. The van der Waals surface area contributed by atoms with Gasteiger partial charge in [0, 0.05) is 19.6 Å². The summed E-state index contributed by atoms with van der Waals surface area (Å²) < 4.78 is 5.24. The van der Waals surface area contributed by atoms with Gasteiger partial charge in [-0.3, -0.25) is 4.79 Å². The first-order chi connectivity index (χ1) is 9.66. The van der Waals surface area contributed by atoms with Crippen LogP contribution < -0.4 is 5.32 Å². The Kier molecular flexibility index (Phi) is 5.56. The Labute approximate surface area is 121 Å². The zero-order valence-electron chi connectivity index (χ0n) is 12.4. The molecule has 1 heterocycles. The van der Waals surface area contributed by atoms with E-state index in [0.717, 1.165) is 6.54 Å². The van der Waals surface area contributed by atoms with E-state index in [4.69, 9.17) is 4.74 Å². The predicted octanol–water partition coefficient (Wildman–Crippen LogP) is 1.76. The van der Waals surface area contributed by atoms with E-state index >= 15 is 0 Å². The van der Waals surface area contributed by atoms with Crippen molar-refractivity contribution in [1.82, 2.24) is 10.2 Å². The van der Waals surface area contributed by atoms with E-state index in [9.17, 15) is 4.79 Å². The van der Waals surface area contributed by atoms with Crippen molar-refractivity contribution in [2.24, 2.45) is 0 Å². The van der Waals surface area contributed by atoms with E-state index < -0.39 is 0 Å². The maximum absolute atomic E-state index is 11.9. The van der Waals surface area contributed by atoms with Gasteiger partial charge in [0.25, 0.3) is 0 Å². The van der Waals surface area contributed by atoms with Crippen molar-refractivity contribution in [1.29, 1.82) is 0 Å². The Morgan fingerprint density at radius 2 is 1.90 bits per heavy atom. The molecular weight excluding hydrogens is 252 g/mol. The van der Waals surface area contributed by atoms with E-state index in [1.165, 1.54) is 11.1 Å². The van der Waals surface area contributed by atoms with Crippen LogP contribution in [-0.4, -0.2) is 43.7 Å². The lowest BCUT2D eigenvalue weighted by Gasteiger charge is -2.26. The van der Waals surface area contributed by atoms with Gasteiger partial charge in [-0.15, -0.1) is 0 Å². The molecule has 1 amide bonds. The molecule has 1 fully saturated rings. The quantitative estimate of drug-likeness (QED) is 0.891. The third-order valence-corrected chi connectivity index (χ3v) is 3.62. The summed E-state index contributed by atoms with van der Waals surface area (Å²) in [6.45, 7) is 8.24. The van der Waals surface area contributed by atoms with Crippen LogP contribution in [-0.2, 0) is 16.1 Å². The van der Waals surface area contributed by atoms with Crippen molar-refractivity contribution in [3.05, 3.63) is 35.4 Å². The van der Waals surface area contributed by atoms with E-state index in [-0.39, 0.29) is 5.91 Å². The summed E-state index contributed by atoms with van der Waals surface area (Å²) in [5.74, 6) is 0.715. The second kappa shape index (κ2) is 7.41. The van der Waals surface area contributed by atoms with Crippen molar-refractivity contribution < 1.29 is 9.53 Å². The molecule has 1 saturated heterocycles. The fourth-order valence-electron chi connectivity index (χ4n) is 2.26. The number of carbonyl (C=O) groups is 1. The minimum absolute atomic E-state index is 0.159. The van der Waals surface area contributed by atoms with Crippen LogP contribution in [0.5, 0.6) is 0 Å². The average molecular weight is 276 g/mol. The number of morpholine rings is 1. The minimum Gasteiger partial charge on any atom is -0.378 e. The van der Waals surface area contributed by atoms with Crippen molar-refractivity contribution in [2.45, 2.75) is 26.3 Å². The van der Waals surface area contributed by atoms with Gasteiger partial charge in [0.1, 0.15) is 0 Å². The van der Waals surface area contributed by atoms with Gasteiger partial charge in [-0.25, -0.2) is 0 Å². The summed E-state index contributed by atoms with van der Waals surface area (Å²) in [7, 11) is 0. The van der Waals surface area contributed by atoms with Gasteiger partial charge in [-0.2, -0.15) is 0 Å². The Balaban J connectivity index is 1.73. The molecule has 0 radical (unpaired) electrons. The second-order valence-electron chi connectivity index (χ2n) is 5.49. The number of nitrogens with one attached hydrogen (secondary N) is 1. The zero-order chi connectivity index (χ0) is 14.4. The molecule has 0 bridgehead atoms. The van der Waals surface area contributed by atoms with Gasteiger partial charge in [0.15, 0.2) is 0 Å². The van der Waals surface area contributed by atoms with Crippen LogP contribution in [0, 0.1) is 0 Å². The monoisotopic (exact) mass is 276 g/mol. The van der Waals surface area contributed by atoms with Crippen molar-refractivity contribution in [2.75, 3.05) is 32.8 Å². The highest BCUT2D eigenvalue weighted by Crippen LogP contribution is 2.14. The highest BCUT2D eigenvalue weighted by molar-refractivity contribution is 5.78. The minimum atomic E-state index is 0.159. The zero-order valence-corrected chi connectivity index (χ0v) is 12.4. The Bertz CT molecular complexity index is 423. The molecule has 4 heteroatoms. The van der Waals surface area contributed by atoms with E-state index in [2.05, 4.69) is 43.4 Å². The summed E-state index contributed by atoms with van der Waals surface area (Å²) in [6, 6.07) is 8.57. The molecule has 1 aromatic carbocycles. The van der Waals surface area contributed by atoms with Crippen molar-refractivity contribution in [3.63, 3.8) is 0 Å². The van der Waals surface area contributed by atoms with Gasteiger partial charge >= 0.3 is 0 Å². The molecule has 20 heavy (non-hydrogen) atoms. The smallest absolute Gasteiger partial charge is 0.236 e. The number of hydrogen-bond donors (Lipinski definition) is 1. The number of benzene rings is 1. The Morgan fingerprint density at radius 3 is 2.50 bits per heavy atom. The SMILES string of the molecule is CC(C)c1ccc(CNCC(=O)N2CCOCC2)cc1. The van der Waals surface area contributed by atoms with Gasteiger partial charge < -0.3 is 15.0 Å². The molecule has 4 nitrogen and oxygen atoms in total. The van der Waals surface area contributed by atoms with Crippen LogP contribution >= 0.6 is 0 Å². The van der Waals surface area contributed by atoms with E-state index in [1.54, 1.807) is 0 Å². The maximum atomic E-state index is 11.9. The Hall–Kier alpha value is -1.39. The highest BCUT2D eigenvalue weighted by Gasteiger charge is 2.15. The molecule has 0 unspecified atom stereocenters. The summed E-state index contributed by atoms with van der Waals surface area (Å²) in [5.41, 5.74) is 2.56. The molecule has 0 aliphatic carbocycles. The standard InChI is InChI=1S/C16H24N2O2/c1-13(2)15-5-3-14(4-6-15)11-17-12-16(19)18-7-9-20-10-8-18/h3-6,13,17H,7-12H2,1-2H3. The van der Waals surface area contributed by atoms with Crippen LogP contribution in [0.4, 0.5) is 0 Å². The van der Waals surface area contributed by atoms with Gasteiger partial charge in [-0.05, 0) is 17.0 Å². The molecule has 1 aliphatic heterocycles. The number of rotatable bonds is 5. The van der Waals surface area contributed by atoms with Crippen LogP contribution in [0.25, 0.3) is 0 Å². The molecule has 0 aromatic heterocycles. The van der Waals surface area contributed by atoms with Gasteiger partial charge in [0.05, 0.1) is 19.8 Å². The average Bonchev–Trinajstić information content (AvgIpc) is 2.48. The molecule has 1 N–H and O–H groups in total. The largest absolute Gasteiger partial charge is 0.378 e. The summed E-state index contributed by atoms with van der Waals surface area (Å²) in [6.07, 6.45) is 0. The van der Waals surface area contributed by atoms with Crippen molar-refractivity contribution in [3.8, 4) is 0 Å². The first-order valence-corrected chi connectivity index (χ1v) is 7.32. The van der Waals surface area contributed by atoms with Crippen LogP contribution in [0.2, 0.25) is 0 Å². The molecular formula is C16H24N2O2. The van der Waals surface area contributed by atoms with Crippen LogP contribution in [0.1, 0.15) is 30.9 Å². The molecule has 2 rings (SSSR count). The highest BCUT2D eigenvalue weighted by atomic mass is 16.5. The van der Waals surface area contributed by atoms with Gasteiger partial charge in [-0.1, -0.05) is 38.1 Å². The molecule has 0 atom stereocenters. The lowest BCUT2D eigenvalue weighted by Crippen LogP contribution is -2.44. The normalized spacial score (nSPS) is 15.7. The fourth-order valence-corrected chi connectivity index (χ4v) is 2.26. The number of nitrogens with zero attached hydrogens (tertiary/aromatic N) is 1. The lowest BCUT2D eigenvalue weighted by molar-refractivity contribution is -0.134. The van der Waals surface area contributed by atoms with Crippen LogP contribution in [0.15, 0.2) is 24.3 Å². The molecule has 110 valence electrons. The van der Waals surface area contributed by atoms with Gasteiger partial charge in [0.2, 0.25) is 5.91 Å². The molecule has 0 saturated carbocycles. The van der Waals surface area contributed by atoms with E-state index in [1.807, 2.05) is 4.90 Å². The summed E-state index contributed by atoms with van der Waals surface area (Å²) in [5, 5.41) is 3.22. The number of carbonyl (C=O) groups excluding carboxylic acids is 1. The third-order valence-electron chi connectivity index (χ3n) is 3.62. The fraction of sp³-hybridized carbons (Fsp3) is 0.562. The van der Waals surface area contributed by atoms with Crippen LogP contribution in [0.3, 0.4) is 0 Å².